The zero-order valence-electron chi connectivity index (χ0n) is 16.6. The molecule has 0 radical (unpaired) electrons. The van der Waals surface area contributed by atoms with Gasteiger partial charge in [-0.1, -0.05) is 25.6 Å². The van der Waals surface area contributed by atoms with Crippen molar-refractivity contribution in [1.82, 2.24) is 14.5 Å². The van der Waals surface area contributed by atoms with Crippen LogP contribution in [-0.4, -0.2) is 27.2 Å². The van der Waals surface area contributed by atoms with E-state index < -0.39 is 17.7 Å². The van der Waals surface area contributed by atoms with Crippen LogP contribution in [0.2, 0.25) is 0 Å². The highest BCUT2D eigenvalue weighted by Gasteiger charge is 2.21. The molecule has 6 nitrogen and oxygen atoms in total. The molecule has 0 fully saturated rings. The van der Waals surface area contributed by atoms with Crippen LogP contribution in [0, 0.1) is 11.6 Å². The van der Waals surface area contributed by atoms with Crippen molar-refractivity contribution in [3.05, 3.63) is 71.4 Å². The summed E-state index contributed by atoms with van der Waals surface area (Å²) in [6.45, 7) is 4.56. The number of hydrogen-bond donors (Lipinski definition) is 1. The second-order valence-corrected chi connectivity index (χ2v) is 8.00. The van der Waals surface area contributed by atoms with Crippen molar-refractivity contribution in [1.29, 1.82) is 0 Å². The summed E-state index contributed by atoms with van der Waals surface area (Å²) in [7, 11) is 0. The molecule has 2 heterocycles. The molecule has 1 amide bonds. The monoisotopic (exact) mass is 432 g/mol. The Morgan fingerprint density at radius 3 is 2.47 bits per heavy atom. The molecule has 3 rings (SSSR count). The Hall–Kier alpha value is -2.94. The highest BCUT2D eigenvalue weighted by molar-refractivity contribution is 7.99. The van der Waals surface area contributed by atoms with Gasteiger partial charge in [-0.25, -0.2) is 18.6 Å². The van der Waals surface area contributed by atoms with E-state index in [1.807, 2.05) is 30.5 Å². The smallest absolute Gasteiger partial charge is 0.404 e. The van der Waals surface area contributed by atoms with Gasteiger partial charge < -0.3 is 15.0 Å². The lowest BCUT2D eigenvalue weighted by Crippen LogP contribution is -2.16. The Morgan fingerprint density at radius 1 is 1.20 bits per heavy atom. The lowest BCUT2D eigenvalue weighted by Gasteiger charge is -2.14. The summed E-state index contributed by atoms with van der Waals surface area (Å²) in [4.78, 5) is 20.2. The average Bonchev–Trinajstić information content (AvgIpc) is 2.99. The molecule has 30 heavy (non-hydrogen) atoms. The van der Waals surface area contributed by atoms with E-state index in [-0.39, 0.29) is 12.5 Å². The number of amides is 1. The number of aromatic nitrogens is 3. The summed E-state index contributed by atoms with van der Waals surface area (Å²) >= 11 is 1.25. The molecule has 158 valence electrons. The van der Waals surface area contributed by atoms with E-state index in [0.717, 1.165) is 22.3 Å². The Balaban J connectivity index is 2.03. The van der Waals surface area contributed by atoms with Crippen LogP contribution in [0.4, 0.5) is 13.6 Å². The molecule has 0 unspecified atom stereocenters. The van der Waals surface area contributed by atoms with Gasteiger partial charge in [-0.3, -0.25) is 4.98 Å². The molecular weight excluding hydrogens is 410 g/mol. The van der Waals surface area contributed by atoms with Gasteiger partial charge in [-0.05, 0) is 35.7 Å². The first-order valence-corrected chi connectivity index (χ1v) is 10.2. The maximum atomic E-state index is 13.7. The summed E-state index contributed by atoms with van der Waals surface area (Å²) in [6, 6.07) is 7.19. The van der Waals surface area contributed by atoms with E-state index in [1.54, 1.807) is 12.4 Å². The SMILES string of the molecule is CC(C)c1nc(CCOC(N)=O)n(Cc2ccncc2)c1Sc1cc(F)cc(F)c1. The van der Waals surface area contributed by atoms with Crippen LogP contribution < -0.4 is 5.73 Å². The predicted octanol–water partition coefficient (Wildman–Crippen LogP) is 4.52. The van der Waals surface area contributed by atoms with Gasteiger partial charge in [0.15, 0.2) is 0 Å². The number of benzene rings is 1. The maximum Gasteiger partial charge on any atom is 0.404 e. The van der Waals surface area contributed by atoms with Gasteiger partial charge in [0.25, 0.3) is 0 Å². The molecular formula is C21H22F2N4O2S. The van der Waals surface area contributed by atoms with E-state index in [0.29, 0.717) is 23.7 Å². The molecule has 3 aromatic rings. The molecule has 2 aromatic heterocycles. The molecule has 0 atom stereocenters. The quantitative estimate of drug-likeness (QED) is 0.566. The number of hydrogen-bond acceptors (Lipinski definition) is 5. The van der Waals surface area contributed by atoms with Crippen molar-refractivity contribution in [3.8, 4) is 0 Å². The Kier molecular flexibility index (Phi) is 7.04. The number of halogens is 2. The number of nitrogens with zero attached hydrogens (tertiary/aromatic N) is 3. The summed E-state index contributed by atoms with van der Waals surface area (Å²) in [5, 5.41) is 0.779. The lowest BCUT2D eigenvalue weighted by atomic mass is 10.1. The number of ether oxygens (including phenoxy) is 1. The van der Waals surface area contributed by atoms with E-state index >= 15 is 0 Å². The fraction of sp³-hybridized carbons (Fsp3) is 0.286. The molecule has 0 saturated carbocycles. The van der Waals surface area contributed by atoms with Crippen molar-refractivity contribution in [3.63, 3.8) is 0 Å². The second-order valence-electron chi connectivity index (χ2n) is 6.94. The number of carbonyl (C=O) groups excluding carboxylic acids is 1. The van der Waals surface area contributed by atoms with Crippen LogP contribution >= 0.6 is 11.8 Å². The standard InChI is InChI=1S/C21H22F2N4O2S/c1-13(2)19-20(30-17-10-15(22)9-16(23)11-17)27(12-14-3-6-25-7-4-14)18(26-19)5-8-29-21(24)28/h3-4,6-7,9-11,13H,5,8,12H2,1-2H3,(H2,24,28). The van der Waals surface area contributed by atoms with Gasteiger partial charge >= 0.3 is 6.09 Å². The molecule has 0 aliphatic heterocycles. The fourth-order valence-corrected chi connectivity index (χ4v) is 4.19. The summed E-state index contributed by atoms with van der Waals surface area (Å²) < 4.78 is 34.3. The van der Waals surface area contributed by atoms with Gasteiger partial charge in [0.05, 0.1) is 5.69 Å². The predicted molar refractivity (Wildman–Crippen MR) is 109 cm³/mol. The number of primary amides is 1. The van der Waals surface area contributed by atoms with Crippen LogP contribution in [0.1, 0.15) is 36.8 Å². The van der Waals surface area contributed by atoms with Crippen molar-refractivity contribution in [2.24, 2.45) is 5.73 Å². The van der Waals surface area contributed by atoms with Crippen molar-refractivity contribution >= 4 is 17.9 Å². The summed E-state index contributed by atoms with van der Waals surface area (Å²) in [5.41, 5.74) is 6.85. The van der Waals surface area contributed by atoms with Crippen LogP contribution in [0.3, 0.4) is 0 Å². The number of rotatable bonds is 8. The van der Waals surface area contributed by atoms with Crippen molar-refractivity contribution in [2.45, 2.75) is 42.7 Å². The van der Waals surface area contributed by atoms with Gasteiger partial charge in [0, 0.05) is 36.3 Å². The molecule has 1 aromatic carbocycles. The Labute approximate surface area is 177 Å². The second kappa shape index (κ2) is 9.71. The molecule has 0 spiro atoms. The molecule has 2 N–H and O–H groups in total. The largest absolute Gasteiger partial charge is 0.449 e. The minimum absolute atomic E-state index is 0.0698. The van der Waals surface area contributed by atoms with Gasteiger partial charge in [0.2, 0.25) is 0 Å². The highest BCUT2D eigenvalue weighted by Crippen LogP contribution is 2.36. The Morgan fingerprint density at radius 2 is 1.87 bits per heavy atom. The number of nitrogens with two attached hydrogens (primary N) is 1. The van der Waals surface area contributed by atoms with E-state index in [4.69, 9.17) is 15.5 Å². The van der Waals surface area contributed by atoms with Crippen LogP contribution in [0.25, 0.3) is 0 Å². The first kappa shape index (κ1) is 21.8. The van der Waals surface area contributed by atoms with Gasteiger partial charge in [0.1, 0.15) is 29.1 Å². The summed E-state index contributed by atoms with van der Waals surface area (Å²) in [6.07, 6.45) is 2.89. The summed E-state index contributed by atoms with van der Waals surface area (Å²) in [5.74, 6) is -0.519. The van der Waals surface area contributed by atoms with Gasteiger partial charge in [-0.15, -0.1) is 0 Å². The van der Waals surface area contributed by atoms with Gasteiger partial charge in [-0.2, -0.15) is 0 Å². The molecule has 9 heteroatoms. The average molecular weight is 432 g/mol. The van der Waals surface area contributed by atoms with Crippen molar-refractivity contribution in [2.75, 3.05) is 6.61 Å². The van der Waals surface area contributed by atoms with E-state index in [9.17, 15) is 13.6 Å². The first-order chi connectivity index (χ1) is 14.3. The van der Waals surface area contributed by atoms with E-state index in [2.05, 4.69) is 4.98 Å². The van der Waals surface area contributed by atoms with E-state index in [1.165, 1.54) is 23.9 Å². The highest BCUT2D eigenvalue weighted by atomic mass is 32.2. The van der Waals surface area contributed by atoms with Crippen LogP contribution in [-0.2, 0) is 17.7 Å². The Bertz CT molecular complexity index is 1010. The number of carbonyl (C=O) groups is 1. The zero-order chi connectivity index (χ0) is 21.7. The minimum Gasteiger partial charge on any atom is -0.449 e. The molecule has 0 bridgehead atoms. The molecule has 0 saturated heterocycles. The number of pyridine rings is 1. The van der Waals surface area contributed by atoms with Crippen LogP contribution in [0.15, 0.2) is 52.6 Å². The molecule has 0 aliphatic rings. The lowest BCUT2D eigenvalue weighted by molar-refractivity contribution is 0.157. The first-order valence-electron chi connectivity index (χ1n) is 9.38. The normalized spacial score (nSPS) is 11.1. The zero-order valence-corrected chi connectivity index (χ0v) is 17.5. The third-order valence-electron chi connectivity index (χ3n) is 4.28. The molecule has 0 aliphatic carbocycles. The van der Waals surface area contributed by atoms with Crippen molar-refractivity contribution < 1.29 is 18.3 Å². The fourth-order valence-electron chi connectivity index (χ4n) is 2.95. The number of imidazole rings is 1. The maximum absolute atomic E-state index is 13.7. The third-order valence-corrected chi connectivity index (χ3v) is 5.38. The minimum atomic E-state index is -0.851. The third kappa shape index (κ3) is 5.56. The van der Waals surface area contributed by atoms with Crippen LogP contribution in [0.5, 0.6) is 0 Å². The topological polar surface area (TPSA) is 83.0 Å².